The van der Waals surface area contributed by atoms with Crippen molar-refractivity contribution in [3.63, 3.8) is 0 Å². The number of rotatable bonds is 1. The zero-order valence-electron chi connectivity index (χ0n) is 9.54. The van der Waals surface area contributed by atoms with Crippen molar-refractivity contribution in [2.24, 2.45) is 0 Å². The highest BCUT2D eigenvalue weighted by atomic mass is 15.0. The lowest BCUT2D eigenvalue weighted by Crippen LogP contribution is -2.00. The first-order chi connectivity index (χ1) is 8.72. The van der Waals surface area contributed by atoms with E-state index in [1.165, 1.54) is 0 Å². The Morgan fingerprint density at radius 1 is 0.944 bits per heavy atom. The zero-order chi connectivity index (χ0) is 12.5. The molecule has 18 heavy (non-hydrogen) atoms. The maximum Gasteiger partial charge on any atom is 0.222 e. The van der Waals surface area contributed by atoms with Gasteiger partial charge in [-0.05, 0) is 12.1 Å². The van der Waals surface area contributed by atoms with Crippen LogP contribution in [0.3, 0.4) is 0 Å². The van der Waals surface area contributed by atoms with Gasteiger partial charge in [0.15, 0.2) is 0 Å². The molecule has 88 valence electrons. The first-order valence-electron chi connectivity index (χ1n) is 5.47. The Morgan fingerprint density at radius 3 is 2.61 bits per heavy atom. The van der Waals surface area contributed by atoms with Crippen molar-refractivity contribution < 1.29 is 0 Å². The summed E-state index contributed by atoms with van der Waals surface area (Å²) in [5.41, 5.74) is 13.7. The van der Waals surface area contributed by atoms with Crippen LogP contribution in [0.4, 0.5) is 11.8 Å². The number of pyridine rings is 1. The van der Waals surface area contributed by atoms with Crippen LogP contribution in [0.1, 0.15) is 0 Å². The SMILES string of the molecule is Nc1cc(-c2cnc3ccccc3c2)nc(N)n1. The number of benzene rings is 1. The molecule has 0 aliphatic heterocycles. The standard InChI is InChI=1S/C13H11N5/c14-12-6-11(17-13(15)18-12)9-5-8-3-1-2-4-10(8)16-7-9/h1-7H,(H4,14,15,17,18). The lowest BCUT2D eigenvalue weighted by Gasteiger charge is -2.04. The van der Waals surface area contributed by atoms with Gasteiger partial charge < -0.3 is 11.5 Å². The first kappa shape index (κ1) is 10.5. The van der Waals surface area contributed by atoms with E-state index in [0.717, 1.165) is 16.5 Å². The molecule has 0 aliphatic carbocycles. The topological polar surface area (TPSA) is 90.7 Å². The largest absolute Gasteiger partial charge is 0.384 e. The Balaban J connectivity index is 2.19. The summed E-state index contributed by atoms with van der Waals surface area (Å²) in [6.45, 7) is 0. The number of nitrogens with zero attached hydrogens (tertiary/aromatic N) is 3. The minimum atomic E-state index is 0.165. The summed E-state index contributed by atoms with van der Waals surface area (Å²) < 4.78 is 0. The summed E-state index contributed by atoms with van der Waals surface area (Å²) in [6, 6.07) is 11.6. The number of para-hydroxylation sites is 1. The molecule has 0 bridgehead atoms. The molecule has 0 fully saturated rings. The Labute approximate surface area is 104 Å². The molecule has 0 radical (unpaired) electrons. The van der Waals surface area contributed by atoms with Gasteiger partial charge in [0, 0.05) is 23.2 Å². The van der Waals surface area contributed by atoms with Crippen LogP contribution in [-0.4, -0.2) is 15.0 Å². The molecule has 0 saturated heterocycles. The van der Waals surface area contributed by atoms with Gasteiger partial charge in [0.25, 0.3) is 0 Å². The smallest absolute Gasteiger partial charge is 0.222 e. The molecule has 4 N–H and O–H groups in total. The Kier molecular flexibility index (Phi) is 2.30. The van der Waals surface area contributed by atoms with E-state index >= 15 is 0 Å². The van der Waals surface area contributed by atoms with E-state index in [4.69, 9.17) is 11.5 Å². The molecule has 1 aromatic carbocycles. The number of anilines is 2. The fourth-order valence-corrected chi connectivity index (χ4v) is 1.84. The number of hydrogen-bond donors (Lipinski definition) is 2. The molecule has 5 heteroatoms. The van der Waals surface area contributed by atoms with E-state index in [0.29, 0.717) is 11.5 Å². The predicted molar refractivity (Wildman–Crippen MR) is 71.6 cm³/mol. The van der Waals surface area contributed by atoms with E-state index in [-0.39, 0.29) is 5.95 Å². The Morgan fingerprint density at radius 2 is 1.78 bits per heavy atom. The van der Waals surface area contributed by atoms with Crippen LogP contribution in [0.25, 0.3) is 22.2 Å². The molecule has 5 nitrogen and oxygen atoms in total. The number of nitrogen functional groups attached to an aromatic ring is 2. The van der Waals surface area contributed by atoms with Crippen molar-refractivity contribution in [1.82, 2.24) is 15.0 Å². The van der Waals surface area contributed by atoms with Crippen molar-refractivity contribution in [2.75, 3.05) is 11.5 Å². The van der Waals surface area contributed by atoms with Gasteiger partial charge in [-0.1, -0.05) is 18.2 Å². The summed E-state index contributed by atoms with van der Waals surface area (Å²) in [6.07, 6.45) is 1.75. The fourth-order valence-electron chi connectivity index (χ4n) is 1.84. The van der Waals surface area contributed by atoms with E-state index in [1.54, 1.807) is 12.3 Å². The van der Waals surface area contributed by atoms with Gasteiger partial charge in [0.05, 0.1) is 11.2 Å². The summed E-state index contributed by atoms with van der Waals surface area (Å²) >= 11 is 0. The lowest BCUT2D eigenvalue weighted by molar-refractivity contribution is 1.19. The molecule has 0 spiro atoms. The summed E-state index contributed by atoms with van der Waals surface area (Å²) in [5, 5.41) is 1.05. The monoisotopic (exact) mass is 237 g/mol. The second kappa shape index (κ2) is 3.96. The van der Waals surface area contributed by atoms with E-state index in [1.807, 2.05) is 30.3 Å². The van der Waals surface area contributed by atoms with E-state index < -0.39 is 0 Å². The third-order valence-electron chi connectivity index (χ3n) is 2.65. The average molecular weight is 237 g/mol. The normalized spacial score (nSPS) is 10.7. The van der Waals surface area contributed by atoms with Gasteiger partial charge in [-0.2, -0.15) is 4.98 Å². The van der Waals surface area contributed by atoms with Crippen molar-refractivity contribution >= 4 is 22.7 Å². The summed E-state index contributed by atoms with van der Waals surface area (Å²) in [4.78, 5) is 12.4. The van der Waals surface area contributed by atoms with Crippen LogP contribution in [0.5, 0.6) is 0 Å². The number of nitrogens with two attached hydrogens (primary N) is 2. The molecule has 2 heterocycles. The molecular weight excluding hydrogens is 226 g/mol. The molecule has 3 rings (SSSR count). The minimum absolute atomic E-state index is 0.165. The van der Waals surface area contributed by atoms with Crippen LogP contribution < -0.4 is 11.5 Å². The molecule has 0 aliphatic rings. The molecule has 0 unspecified atom stereocenters. The fraction of sp³-hybridized carbons (Fsp3) is 0. The number of aromatic nitrogens is 3. The highest BCUT2D eigenvalue weighted by Gasteiger charge is 2.04. The zero-order valence-corrected chi connectivity index (χ0v) is 9.54. The van der Waals surface area contributed by atoms with Crippen molar-refractivity contribution in [3.8, 4) is 11.3 Å². The summed E-state index contributed by atoms with van der Waals surface area (Å²) in [7, 11) is 0. The second-order valence-corrected chi connectivity index (χ2v) is 3.95. The van der Waals surface area contributed by atoms with Crippen molar-refractivity contribution in [2.45, 2.75) is 0 Å². The number of fused-ring (bicyclic) bond motifs is 1. The van der Waals surface area contributed by atoms with Crippen LogP contribution in [0.2, 0.25) is 0 Å². The van der Waals surface area contributed by atoms with Gasteiger partial charge in [-0.25, -0.2) is 4.98 Å². The van der Waals surface area contributed by atoms with Crippen LogP contribution >= 0.6 is 0 Å². The van der Waals surface area contributed by atoms with Gasteiger partial charge in [-0.15, -0.1) is 0 Å². The highest BCUT2D eigenvalue weighted by molar-refractivity contribution is 5.83. The maximum atomic E-state index is 5.66. The quantitative estimate of drug-likeness (QED) is 0.674. The molecule has 2 aromatic heterocycles. The summed E-state index contributed by atoms with van der Waals surface area (Å²) in [5.74, 6) is 0.517. The van der Waals surface area contributed by atoms with Gasteiger partial charge in [0.1, 0.15) is 5.82 Å². The van der Waals surface area contributed by atoms with E-state index in [2.05, 4.69) is 15.0 Å². The predicted octanol–water partition coefficient (Wildman–Crippen LogP) is 1.86. The molecule has 0 amide bonds. The Bertz CT molecular complexity index is 703. The van der Waals surface area contributed by atoms with Gasteiger partial charge in [-0.3, -0.25) is 4.98 Å². The highest BCUT2D eigenvalue weighted by Crippen LogP contribution is 2.22. The van der Waals surface area contributed by atoms with Crippen LogP contribution in [0, 0.1) is 0 Å². The first-order valence-corrected chi connectivity index (χ1v) is 5.47. The van der Waals surface area contributed by atoms with Gasteiger partial charge >= 0.3 is 0 Å². The van der Waals surface area contributed by atoms with Crippen molar-refractivity contribution in [3.05, 3.63) is 42.6 Å². The van der Waals surface area contributed by atoms with Crippen LogP contribution in [-0.2, 0) is 0 Å². The number of hydrogen-bond acceptors (Lipinski definition) is 5. The third-order valence-corrected chi connectivity index (χ3v) is 2.65. The second-order valence-electron chi connectivity index (χ2n) is 3.95. The third kappa shape index (κ3) is 1.82. The molecular formula is C13H11N5. The van der Waals surface area contributed by atoms with E-state index in [9.17, 15) is 0 Å². The average Bonchev–Trinajstić information content (AvgIpc) is 2.37. The molecule has 0 saturated carbocycles. The minimum Gasteiger partial charge on any atom is -0.384 e. The molecule has 3 aromatic rings. The lowest BCUT2D eigenvalue weighted by atomic mass is 10.1. The van der Waals surface area contributed by atoms with Gasteiger partial charge in [0.2, 0.25) is 5.95 Å². The van der Waals surface area contributed by atoms with Crippen molar-refractivity contribution in [1.29, 1.82) is 0 Å². The molecule has 0 atom stereocenters. The maximum absolute atomic E-state index is 5.66. The Hall–Kier alpha value is -2.69. The van der Waals surface area contributed by atoms with Crippen LogP contribution in [0.15, 0.2) is 42.6 Å².